The number of rotatable bonds is 11. The molecule has 4 aromatic heterocycles. The van der Waals surface area contributed by atoms with Crippen LogP contribution in [-0.2, 0) is 20.1 Å². The van der Waals surface area contributed by atoms with Crippen LogP contribution in [-0.4, -0.2) is 71.5 Å². The fraction of sp³-hybridized carbons (Fsp3) is 0.308. The molecule has 49 heavy (non-hydrogen) atoms. The predicted molar refractivity (Wildman–Crippen MR) is 190 cm³/mol. The van der Waals surface area contributed by atoms with Crippen LogP contribution in [0.1, 0.15) is 70.4 Å². The average Bonchev–Trinajstić information content (AvgIpc) is 3.77. The van der Waals surface area contributed by atoms with Gasteiger partial charge in [0.05, 0.1) is 23.3 Å². The molecule has 1 aromatic carbocycles. The van der Waals surface area contributed by atoms with E-state index in [1.165, 1.54) is 12.1 Å². The number of ketones is 1. The SMILES string of the molecule is C=Cc1c(C=C)n(CCCCN2CCC(N3Cc4nccc(-c5cn(C)nc5-c5ccc(F)cc5)c4C3=O)CC2)c2c(C(C)=O)nccc12. The molecule has 5 aromatic rings. The van der Waals surface area contributed by atoms with Gasteiger partial charge in [0, 0.05) is 91.6 Å². The Hall–Kier alpha value is -5.22. The van der Waals surface area contributed by atoms with Gasteiger partial charge in [-0.25, -0.2) is 4.39 Å². The molecule has 0 saturated carbocycles. The smallest absolute Gasteiger partial charge is 0.257 e. The number of aromatic nitrogens is 5. The number of piperidine rings is 1. The number of fused-ring (bicyclic) bond motifs is 2. The van der Waals surface area contributed by atoms with Gasteiger partial charge in [-0.3, -0.25) is 24.2 Å². The summed E-state index contributed by atoms with van der Waals surface area (Å²) in [6.07, 6.45) is 12.8. The molecule has 0 atom stereocenters. The number of aryl methyl sites for hydroxylation is 2. The van der Waals surface area contributed by atoms with Crippen molar-refractivity contribution in [2.24, 2.45) is 7.05 Å². The Morgan fingerprint density at radius 3 is 2.43 bits per heavy atom. The zero-order valence-corrected chi connectivity index (χ0v) is 28.0. The largest absolute Gasteiger partial charge is 0.339 e. The first kappa shape index (κ1) is 32.3. The summed E-state index contributed by atoms with van der Waals surface area (Å²) in [5.41, 5.74) is 7.84. The van der Waals surface area contributed by atoms with Crippen molar-refractivity contribution < 1.29 is 14.0 Å². The molecule has 0 unspecified atom stereocenters. The molecule has 0 N–H and O–H groups in total. The number of amides is 1. The third kappa shape index (κ3) is 5.90. The van der Waals surface area contributed by atoms with E-state index in [1.54, 1.807) is 36.1 Å². The zero-order chi connectivity index (χ0) is 34.2. The molecule has 6 heterocycles. The van der Waals surface area contributed by atoms with Crippen molar-refractivity contribution in [2.75, 3.05) is 19.6 Å². The molecule has 2 aliphatic heterocycles. The Morgan fingerprint density at radius 2 is 1.71 bits per heavy atom. The van der Waals surface area contributed by atoms with Gasteiger partial charge in [-0.2, -0.15) is 5.10 Å². The highest BCUT2D eigenvalue weighted by Crippen LogP contribution is 2.38. The Kier molecular flexibility index (Phi) is 8.81. The van der Waals surface area contributed by atoms with Crippen LogP contribution in [0.5, 0.6) is 0 Å². The normalized spacial score (nSPS) is 15.2. The van der Waals surface area contributed by atoms with Crippen LogP contribution in [0.3, 0.4) is 0 Å². The fourth-order valence-electron chi connectivity index (χ4n) is 7.60. The molecule has 0 spiro atoms. The minimum Gasteiger partial charge on any atom is -0.339 e. The van der Waals surface area contributed by atoms with Gasteiger partial charge in [0.15, 0.2) is 5.78 Å². The minimum absolute atomic E-state index is 0.0146. The van der Waals surface area contributed by atoms with Crippen molar-refractivity contribution in [3.8, 4) is 22.4 Å². The van der Waals surface area contributed by atoms with Gasteiger partial charge in [-0.15, -0.1) is 0 Å². The highest BCUT2D eigenvalue weighted by molar-refractivity contribution is 6.07. The summed E-state index contributed by atoms with van der Waals surface area (Å²) in [7, 11) is 1.85. The van der Waals surface area contributed by atoms with Crippen molar-refractivity contribution in [1.29, 1.82) is 0 Å². The summed E-state index contributed by atoms with van der Waals surface area (Å²) in [6, 6.07) is 10.3. The van der Waals surface area contributed by atoms with Gasteiger partial charge in [-0.1, -0.05) is 19.2 Å². The van der Waals surface area contributed by atoms with Crippen LogP contribution in [0.2, 0.25) is 0 Å². The lowest BCUT2D eigenvalue weighted by Gasteiger charge is -2.36. The maximum Gasteiger partial charge on any atom is 0.257 e. The van der Waals surface area contributed by atoms with Gasteiger partial charge >= 0.3 is 0 Å². The summed E-state index contributed by atoms with van der Waals surface area (Å²) >= 11 is 0. The summed E-state index contributed by atoms with van der Waals surface area (Å²) in [6.45, 7) is 13.7. The molecule has 9 nitrogen and oxygen atoms in total. The van der Waals surface area contributed by atoms with E-state index >= 15 is 0 Å². The topological polar surface area (TPSA) is 89.2 Å². The minimum atomic E-state index is -0.306. The number of carbonyl (C=O) groups excluding carboxylic acids is 2. The number of nitrogens with zero attached hydrogens (tertiary/aromatic N) is 7. The van der Waals surface area contributed by atoms with Gasteiger partial charge in [-0.05, 0) is 74.7 Å². The average molecular weight is 658 g/mol. The van der Waals surface area contributed by atoms with Crippen LogP contribution in [0, 0.1) is 5.82 Å². The number of hydrogen-bond acceptors (Lipinski definition) is 6. The lowest BCUT2D eigenvalue weighted by molar-refractivity contribution is 0.0595. The fourth-order valence-corrected chi connectivity index (χ4v) is 7.60. The van der Waals surface area contributed by atoms with Crippen LogP contribution in [0.25, 0.3) is 45.4 Å². The number of likely N-dealkylation sites (tertiary alicyclic amines) is 1. The summed E-state index contributed by atoms with van der Waals surface area (Å²) in [5, 5.41) is 5.63. The van der Waals surface area contributed by atoms with Gasteiger partial charge in [0.1, 0.15) is 17.2 Å². The van der Waals surface area contributed by atoms with Crippen LogP contribution in [0.4, 0.5) is 4.39 Å². The molecule has 10 heteroatoms. The number of hydrogen-bond donors (Lipinski definition) is 0. The molecule has 1 saturated heterocycles. The summed E-state index contributed by atoms with van der Waals surface area (Å²) in [4.78, 5) is 39.9. The van der Waals surface area contributed by atoms with E-state index in [0.29, 0.717) is 23.5 Å². The van der Waals surface area contributed by atoms with E-state index in [9.17, 15) is 14.0 Å². The highest BCUT2D eigenvalue weighted by Gasteiger charge is 2.37. The van der Waals surface area contributed by atoms with Gasteiger partial charge in [0.25, 0.3) is 5.91 Å². The Balaban J connectivity index is 0.992. The standard InChI is InChI=1S/C39H40FN7O2/c1-5-29-31-14-18-42-36(25(3)48)38(31)46(34(29)6-2)20-8-7-19-45-21-15-28(16-22-45)47-24-33-35(39(47)49)30(13-17-41-33)32-23-44(4)43-37(32)26-9-11-27(40)12-10-26/h5-6,9-14,17-18,23,28H,1-2,7-8,15-16,19-22,24H2,3-4H3. The monoisotopic (exact) mass is 657 g/mol. The van der Waals surface area contributed by atoms with Crippen molar-refractivity contribution in [1.82, 2.24) is 34.1 Å². The van der Waals surface area contributed by atoms with Crippen LogP contribution in [0.15, 0.2) is 68.1 Å². The van der Waals surface area contributed by atoms with E-state index in [4.69, 9.17) is 0 Å². The van der Waals surface area contributed by atoms with Crippen LogP contribution < -0.4 is 0 Å². The van der Waals surface area contributed by atoms with Gasteiger partial charge in [0.2, 0.25) is 0 Å². The molecule has 0 radical (unpaired) electrons. The molecule has 7 rings (SSSR count). The maximum atomic E-state index is 14.0. The van der Waals surface area contributed by atoms with E-state index in [1.807, 2.05) is 42.4 Å². The summed E-state index contributed by atoms with van der Waals surface area (Å²) in [5.74, 6) is -0.349. The van der Waals surface area contributed by atoms with E-state index in [2.05, 4.69) is 37.7 Å². The molecule has 250 valence electrons. The molecular formula is C39H40FN7O2. The Bertz CT molecular complexity index is 2090. The first-order valence-electron chi connectivity index (χ1n) is 16.9. The number of benzene rings is 1. The Labute approximate surface area is 285 Å². The van der Waals surface area contributed by atoms with Gasteiger partial charge < -0.3 is 14.4 Å². The van der Waals surface area contributed by atoms with E-state index < -0.39 is 0 Å². The Morgan fingerprint density at radius 1 is 0.980 bits per heavy atom. The van der Waals surface area contributed by atoms with Crippen molar-refractivity contribution >= 4 is 34.7 Å². The van der Waals surface area contributed by atoms with E-state index in [0.717, 1.165) is 96.4 Å². The first-order chi connectivity index (χ1) is 23.8. The first-order valence-corrected chi connectivity index (χ1v) is 16.9. The molecule has 0 aliphatic carbocycles. The van der Waals surface area contributed by atoms with Crippen molar-refractivity contribution in [3.05, 3.63) is 102 Å². The third-order valence-electron chi connectivity index (χ3n) is 9.95. The molecule has 0 bridgehead atoms. The number of unbranched alkanes of at least 4 members (excludes halogenated alkanes) is 1. The predicted octanol–water partition coefficient (Wildman–Crippen LogP) is 7.03. The number of halogens is 1. The molecule has 1 fully saturated rings. The number of pyridine rings is 2. The summed E-state index contributed by atoms with van der Waals surface area (Å²) < 4.78 is 17.6. The second-order valence-corrected chi connectivity index (χ2v) is 12.9. The third-order valence-corrected chi connectivity index (χ3v) is 9.95. The van der Waals surface area contributed by atoms with Crippen molar-refractivity contribution in [2.45, 2.75) is 51.7 Å². The van der Waals surface area contributed by atoms with Crippen molar-refractivity contribution in [3.63, 3.8) is 0 Å². The second kappa shape index (κ2) is 13.4. The lowest BCUT2D eigenvalue weighted by atomic mass is 9.97. The van der Waals surface area contributed by atoms with Crippen LogP contribution >= 0.6 is 0 Å². The highest BCUT2D eigenvalue weighted by atomic mass is 19.1. The number of carbonyl (C=O) groups is 2. The van der Waals surface area contributed by atoms with E-state index in [-0.39, 0.29) is 23.5 Å². The number of Topliss-reactive ketones (excluding diaryl/α,β-unsaturated/α-hetero) is 1. The second-order valence-electron chi connectivity index (χ2n) is 12.9. The lowest BCUT2D eigenvalue weighted by Crippen LogP contribution is -2.45. The zero-order valence-electron chi connectivity index (χ0n) is 28.0. The quantitative estimate of drug-likeness (QED) is 0.112. The maximum absolute atomic E-state index is 14.0. The molecule has 1 amide bonds. The molecular weight excluding hydrogens is 617 g/mol. The molecule has 2 aliphatic rings.